The minimum atomic E-state index is -0.667. The highest BCUT2D eigenvalue weighted by atomic mass is 16.6. The Morgan fingerprint density at radius 1 is 1.22 bits per heavy atom. The van der Waals surface area contributed by atoms with E-state index in [-0.39, 0.29) is 5.92 Å². The van der Waals surface area contributed by atoms with Crippen molar-refractivity contribution in [1.29, 1.82) is 0 Å². The Kier molecular flexibility index (Phi) is 6.68. The van der Waals surface area contributed by atoms with Crippen LogP contribution in [0.4, 0.5) is 4.79 Å². The van der Waals surface area contributed by atoms with Crippen LogP contribution in [0.25, 0.3) is 0 Å². The van der Waals surface area contributed by atoms with Gasteiger partial charge in [0.05, 0.1) is 7.11 Å². The minimum Gasteiger partial charge on any atom is -0.444 e. The molecule has 0 aromatic carbocycles. The second kappa shape index (κ2) is 7.20. The van der Waals surface area contributed by atoms with Gasteiger partial charge in [0.25, 0.3) is 5.91 Å². The molecule has 0 bridgehead atoms. The number of nitrogens with one attached hydrogen (secondary N) is 2. The van der Waals surface area contributed by atoms with E-state index < -0.39 is 23.6 Å². The van der Waals surface area contributed by atoms with Gasteiger partial charge >= 0.3 is 6.09 Å². The first kappa shape index (κ1) is 16.7. The first-order valence-corrected chi connectivity index (χ1v) is 5.98. The van der Waals surface area contributed by atoms with E-state index in [0.717, 1.165) is 0 Å². The standard InChI is InChI=1S/C12H24N2O4/c1-8(2)7-9(10(15)14-17-6)13-11(16)18-12(3,4)5/h8-9H,7H2,1-6H3,(H,13,16)(H,14,15). The number of hydrogen-bond donors (Lipinski definition) is 2. The highest BCUT2D eigenvalue weighted by Crippen LogP contribution is 2.09. The summed E-state index contributed by atoms with van der Waals surface area (Å²) in [7, 11) is 1.35. The van der Waals surface area contributed by atoms with Gasteiger partial charge in [-0.1, -0.05) is 13.8 Å². The van der Waals surface area contributed by atoms with Crippen molar-refractivity contribution in [2.24, 2.45) is 5.92 Å². The Bertz CT molecular complexity index is 284. The number of ether oxygens (including phenoxy) is 1. The fourth-order valence-corrected chi connectivity index (χ4v) is 1.32. The highest BCUT2D eigenvalue weighted by molar-refractivity contribution is 5.84. The molecule has 0 aromatic heterocycles. The fourth-order valence-electron chi connectivity index (χ4n) is 1.32. The van der Waals surface area contributed by atoms with Gasteiger partial charge in [0, 0.05) is 0 Å². The highest BCUT2D eigenvalue weighted by Gasteiger charge is 2.24. The molecule has 6 nitrogen and oxygen atoms in total. The largest absolute Gasteiger partial charge is 0.444 e. The second-order valence-electron chi connectivity index (χ2n) is 5.50. The summed E-state index contributed by atoms with van der Waals surface area (Å²) < 4.78 is 5.11. The molecule has 1 unspecified atom stereocenters. The maximum atomic E-state index is 11.7. The molecule has 1 atom stereocenters. The molecule has 0 heterocycles. The zero-order chi connectivity index (χ0) is 14.3. The molecule has 106 valence electrons. The molecule has 0 saturated heterocycles. The number of alkyl carbamates (subject to hydrolysis) is 1. The van der Waals surface area contributed by atoms with Gasteiger partial charge in [-0.25, -0.2) is 10.3 Å². The van der Waals surface area contributed by atoms with Crippen LogP contribution in [0.2, 0.25) is 0 Å². The maximum absolute atomic E-state index is 11.7. The molecule has 0 radical (unpaired) electrons. The van der Waals surface area contributed by atoms with E-state index >= 15 is 0 Å². The lowest BCUT2D eigenvalue weighted by molar-refractivity contribution is -0.133. The van der Waals surface area contributed by atoms with Gasteiger partial charge in [-0.15, -0.1) is 0 Å². The average Bonchev–Trinajstić information content (AvgIpc) is 2.13. The normalized spacial score (nSPS) is 13.1. The summed E-state index contributed by atoms with van der Waals surface area (Å²) in [5.74, 6) is -0.135. The third-order valence-electron chi connectivity index (χ3n) is 1.92. The molecule has 0 fully saturated rings. The van der Waals surface area contributed by atoms with E-state index in [9.17, 15) is 9.59 Å². The zero-order valence-electron chi connectivity index (χ0n) is 12.0. The summed E-state index contributed by atoms with van der Waals surface area (Å²) in [5, 5.41) is 2.54. The van der Waals surface area contributed by atoms with Gasteiger partial charge in [0.2, 0.25) is 0 Å². The van der Waals surface area contributed by atoms with Gasteiger partial charge in [0.1, 0.15) is 11.6 Å². The third-order valence-corrected chi connectivity index (χ3v) is 1.92. The van der Waals surface area contributed by atoms with Gasteiger partial charge in [-0.05, 0) is 33.1 Å². The summed E-state index contributed by atoms with van der Waals surface area (Å²) in [6.45, 7) is 9.21. The Labute approximate surface area is 108 Å². The lowest BCUT2D eigenvalue weighted by Gasteiger charge is -2.23. The molecule has 6 heteroatoms. The molecule has 0 rings (SSSR count). The van der Waals surface area contributed by atoms with Crippen molar-refractivity contribution in [3.63, 3.8) is 0 Å². The summed E-state index contributed by atoms with van der Waals surface area (Å²) in [5.41, 5.74) is 1.62. The van der Waals surface area contributed by atoms with Crippen LogP contribution in [0.15, 0.2) is 0 Å². The number of amides is 2. The number of carbonyl (C=O) groups is 2. The van der Waals surface area contributed by atoms with Crippen molar-refractivity contribution >= 4 is 12.0 Å². The second-order valence-corrected chi connectivity index (χ2v) is 5.50. The van der Waals surface area contributed by atoms with Crippen molar-refractivity contribution in [3.05, 3.63) is 0 Å². The Morgan fingerprint density at radius 2 is 1.78 bits per heavy atom. The molecule has 2 N–H and O–H groups in total. The first-order chi connectivity index (χ1) is 8.15. The van der Waals surface area contributed by atoms with Gasteiger partial charge in [-0.2, -0.15) is 0 Å². The van der Waals surface area contributed by atoms with E-state index in [1.165, 1.54) is 7.11 Å². The van der Waals surface area contributed by atoms with Gasteiger partial charge in [0.15, 0.2) is 0 Å². The van der Waals surface area contributed by atoms with Crippen LogP contribution < -0.4 is 10.8 Å². The number of hydroxylamine groups is 1. The first-order valence-electron chi connectivity index (χ1n) is 5.98. The number of hydrogen-bond acceptors (Lipinski definition) is 4. The summed E-state index contributed by atoms with van der Waals surface area (Å²) in [6.07, 6.45) is -0.103. The third kappa shape index (κ3) is 7.89. The summed E-state index contributed by atoms with van der Waals surface area (Å²) in [6, 6.07) is -0.667. The predicted octanol–water partition coefficient (Wildman–Crippen LogP) is 1.60. The van der Waals surface area contributed by atoms with Crippen molar-refractivity contribution < 1.29 is 19.2 Å². The topological polar surface area (TPSA) is 76.7 Å². The summed E-state index contributed by atoms with van der Waals surface area (Å²) in [4.78, 5) is 27.8. The Balaban J connectivity index is 4.49. The van der Waals surface area contributed by atoms with Crippen LogP contribution in [0.3, 0.4) is 0 Å². The van der Waals surface area contributed by atoms with E-state index in [0.29, 0.717) is 6.42 Å². The molecular weight excluding hydrogens is 236 g/mol. The molecule has 0 aliphatic carbocycles. The van der Waals surface area contributed by atoms with Crippen LogP contribution in [0.5, 0.6) is 0 Å². The lowest BCUT2D eigenvalue weighted by atomic mass is 10.0. The van der Waals surface area contributed by atoms with E-state index in [4.69, 9.17) is 4.74 Å². The van der Waals surface area contributed by atoms with Crippen molar-refractivity contribution in [1.82, 2.24) is 10.8 Å². The molecular formula is C12H24N2O4. The van der Waals surface area contributed by atoms with Crippen LogP contribution in [-0.2, 0) is 14.4 Å². The molecule has 0 spiro atoms. The van der Waals surface area contributed by atoms with E-state index in [1.54, 1.807) is 20.8 Å². The van der Waals surface area contributed by atoms with Crippen LogP contribution in [0.1, 0.15) is 41.0 Å². The lowest BCUT2D eigenvalue weighted by Crippen LogP contribution is -2.48. The molecule has 0 aliphatic rings. The molecule has 18 heavy (non-hydrogen) atoms. The van der Waals surface area contributed by atoms with Crippen LogP contribution >= 0.6 is 0 Å². The van der Waals surface area contributed by atoms with E-state index in [1.807, 2.05) is 13.8 Å². The number of carbonyl (C=O) groups excluding carboxylic acids is 2. The predicted molar refractivity (Wildman–Crippen MR) is 67.8 cm³/mol. The molecule has 2 amide bonds. The minimum absolute atomic E-state index is 0.257. The maximum Gasteiger partial charge on any atom is 0.408 e. The van der Waals surface area contributed by atoms with Crippen molar-refractivity contribution in [2.45, 2.75) is 52.7 Å². The van der Waals surface area contributed by atoms with Crippen molar-refractivity contribution in [2.75, 3.05) is 7.11 Å². The van der Waals surface area contributed by atoms with Crippen LogP contribution in [0, 0.1) is 5.92 Å². The average molecular weight is 260 g/mol. The van der Waals surface area contributed by atoms with E-state index in [2.05, 4.69) is 15.6 Å². The summed E-state index contributed by atoms with van der Waals surface area (Å²) >= 11 is 0. The monoisotopic (exact) mass is 260 g/mol. The zero-order valence-corrected chi connectivity index (χ0v) is 12.0. The Hall–Kier alpha value is -1.30. The van der Waals surface area contributed by atoms with Gasteiger partial charge in [-0.3, -0.25) is 9.63 Å². The SMILES string of the molecule is CONC(=O)C(CC(C)C)NC(=O)OC(C)(C)C. The quantitative estimate of drug-likeness (QED) is 0.736. The van der Waals surface area contributed by atoms with Crippen LogP contribution in [-0.4, -0.2) is 30.8 Å². The molecule has 0 aliphatic heterocycles. The van der Waals surface area contributed by atoms with Crippen molar-refractivity contribution in [3.8, 4) is 0 Å². The smallest absolute Gasteiger partial charge is 0.408 e. The van der Waals surface area contributed by atoms with Gasteiger partial charge < -0.3 is 10.1 Å². The molecule has 0 saturated carbocycles. The fraction of sp³-hybridized carbons (Fsp3) is 0.833. The number of rotatable bonds is 5. The molecule has 0 aromatic rings. The Morgan fingerprint density at radius 3 is 2.17 bits per heavy atom.